The van der Waals surface area contributed by atoms with Gasteiger partial charge in [-0.1, -0.05) is 28.7 Å². The van der Waals surface area contributed by atoms with Gasteiger partial charge < -0.3 is 4.74 Å². The fourth-order valence-electron chi connectivity index (χ4n) is 2.76. The number of esters is 1. The van der Waals surface area contributed by atoms with Crippen LogP contribution in [0.5, 0.6) is 0 Å². The average molecular weight is 228 g/mol. The van der Waals surface area contributed by atoms with Gasteiger partial charge in [-0.2, -0.15) is 0 Å². The van der Waals surface area contributed by atoms with E-state index in [1.165, 1.54) is 19.3 Å². The Morgan fingerprint density at radius 2 is 2.00 bits per heavy atom. The van der Waals surface area contributed by atoms with E-state index in [9.17, 15) is 4.79 Å². The fourth-order valence-corrected chi connectivity index (χ4v) is 2.76. The topological polar surface area (TPSA) is 26.3 Å². The summed E-state index contributed by atoms with van der Waals surface area (Å²) in [6, 6.07) is 0. The fraction of sp³-hybridized carbons (Fsp3) is 0.929. The van der Waals surface area contributed by atoms with E-state index in [0.29, 0.717) is 5.92 Å². The van der Waals surface area contributed by atoms with Crippen molar-refractivity contribution in [2.24, 2.45) is 17.8 Å². The maximum atomic E-state index is 11.6. The van der Waals surface area contributed by atoms with E-state index < -0.39 is 0 Å². The molecule has 2 rings (SSSR count). The van der Waals surface area contributed by atoms with Crippen LogP contribution in [0.1, 0.15) is 60.8 Å². The minimum absolute atomic E-state index is 0. The predicted octanol–water partition coefficient (Wildman–Crippen LogP) is 4.04. The summed E-state index contributed by atoms with van der Waals surface area (Å²) in [5.74, 6) is 1.64. The second kappa shape index (κ2) is 6.27. The van der Waals surface area contributed by atoms with Gasteiger partial charge in [0.1, 0.15) is 6.10 Å². The number of hydrogen-bond donors (Lipinski definition) is 0. The van der Waals surface area contributed by atoms with Crippen LogP contribution in [0.15, 0.2) is 0 Å². The molecule has 0 aromatic rings. The van der Waals surface area contributed by atoms with E-state index in [1.807, 2.05) is 13.8 Å². The molecule has 0 aromatic carbocycles. The Morgan fingerprint density at radius 3 is 2.44 bits per heavy atom. The quantitative estimate of drug-likeness (QED) is 0.681. The van der Waals surface area contributed by atoms with Gasteiger partial charge in [0.25, 0.3) is 0 Å². The van der Waals surface area contributed by atoms with E-state index in [-0.39, 0.29) is 32.8 Å². The lowest BCUT2D eigenvalue weighted by Gasteiger charge is -2.23. The summed E-state index contributed by atoms with van der Waals surface area (Å²) in [6.07, 6.45) is 6.23. The molecular weight excluding hydrogens is 200 g/mol. The zero-order valence-electron chi connectivity index (χ0n) is 9.16. The molecule has 2 nitrogen and oxygen atoms in total. The highest BCUT2D eigenvalue weighted by atomic mass is 16.5. The van der Waals surface area contributed by atoms with Gasteiger partial charge in [-0.05, 0) is 43.9 Å². The van der Waals surface area contributed by atoms with Gasteiger partial charge in [0.15, 0.2) is 0 Å². The molecule has 2 aliphatic carbocycles. The largest absolute Gasteiger partial charge is 0.462 e. The van der Waals surface area contributed by atoms with Gasteiger partial charge in [0, 0.05) is 0 Å². The normalized spacial score (nSPS) is 32.5. The molecule has 0 aromatic heterocycles. The van der Waals surface area contributed by atoms with E-state index in [2.05, 4.69) is 0 Å². The van der Waals surface area contributed by atoms with Crippen LogP contribution in [0.25, 0.3) is 0 Å². The smallest absolute Gasteiger partial charge is 0.308 e. The number of fused-ring (bicyclic) bond motifs is 2. The van der Waals surface area contributed by atoms with Crippen molar-refractivity contribution >= 4 is 5.97 Å². The van der Waals surface area contributed by atoms with Gasteiger partial charge in [0.2, 0.25) is 0 Å². The zero-order valence-corrected chi connectivity index (χ0v) is 9.16. The van der Waals surface area contributed by atoms with Crippen LogP contribution in [0.4, 0.5) is 0 Å². The third kappa shape index (κ3) is 2.99. The highest BCUT2D eigenvalue weighted by Gasteiger charge is 2.41. The molecule has 2 heteroatoms. The molecule has 0 saturated heterocycles. The summed E-state index contributed by atoms with van der Waals surface area (Å²) in [4.78, 5) is 11.6. The van der Waals surface area contributed by atoms with Crippen molar-refractivity contribution in [3.8, 4) is 0 Å². The first-order valence-corrected chi connectivity index (χ1v) is 5.91. The van der Waals surface area contributed by atoms with Crippen molar-refractivity contribution in [2.45, 2.75) is 66.9 Å². The van der Waals surface area contributed by atoms with Gasteiger partial charge in [0.05, 0.1) is 5.92 Å². The molecule has 0 N–H and O–H groups in total. The van der Waals surface area contributed by atoms with Crippen LogP contribution in [0.3, 0.4) is 0 Å². The van der Waals surface area contributed by atoms with Crippen LogP contribution >= 0.6 is 0 Å². The first-order chi connectivity index (χ1) is 6.70. The minimum atomic E-state index is 0. The molecule has 0 aliphatic heterocycles. The molecule has 2 aliphatic rings. The summed E-state index contributed by atoms with van der Waals surface area (Å²) in [7, 11) is 0. The number of hydrogen-bond acceptors (Lipinski definition) is 2. The van der Waals surface area contributed by atoms with Crippen LogP contribution in [0.2, 0.25) is 0 Å². The van der Waals surface area contributed by atoms with Gasteiger partial charge in [-0.25, -0.2) is 0 Å². The van der Waals surface area contributed by atoms with Crippen LogP contribution in [-0.2, 0) is 9.53 Å². The molecule has 16 heavy (non-hydrogen) atoms. The summed E-state index contributed by atoms with van der Waals surface area (Å²) in [6.45, 7) is 3.99. The second-order valence-corrected chi connectivity index (χ2v) is 4.96. The maximum absolute atomic E-state index is 11.6. The maximum Gasteiger partial charge on any atom is 0.308 e. The zero-order chi connectivity index (χ0) is 10.1. The van der Waals surface area contributed by atoms with Crippen LogP contribution < -0.4 is 0 Å². The second-order valence-electron chi connectivity index (χ2n) is 4.96. The highest BCUT2D eigenvalue weighted by Crippen LogP contribution is 2.46. The lowest BCUT2D eigenvalue weighted by atomic mass is 9.97. The summed E-state index contributed by atoms with van der Waals surface area (Å²) >= 11 is 0. The first kappa shape index (κ1) is 15.5. The number of rotatable bonds is 3. The molecule has 2 bridgehead atoms. The van der Waals surface area contributed by atoms with Crippen molar-refractivity contribution < 1.29 is 9.53 Å². The van der Waals surface area contributed by atoms with Gasteiger partial charge in [-0.3, -0.25) is 4.79 Å². The summed E-state index contributed by atoms with van der Waals surface area (Å²) < 4.78 is 5.56. The van der Waals surface area contributed by atoms with Crippen molar-refractivity contribution in [3.63, 3.8) is 0 Å². The average Bonchev–Trinajstić information content (AvgIpc) is 2.77. The lowest BCUT2D eigenvalue weighted by molar-refractivity contribution is -0.156. The van der Waals surface area contributed by atoms with Crippen molar-refractivity contribution in [1.29, 1.82) is 0 Å². The molecular formula is C14H28O2. The molecule has 0 radical (unpaired) electrons. The first-order valence-electron chi connectivity index (χ1n) is 5.91. The van der Waals surface area contributed by atoms with Crippen molar-refractivity contribution in [3.05, 3.63) is 0 Å². The van der Waals surface area contributed by atoms with E-state index in [4.69, 9.17) is 4.74 Å². The molecule has 4 unspecified atom stereocenters. The molecule has 0 amide bonds. The van der Waals surface area contributed by atoms with E-state index >= 15 is 0 Å². The monoisotopic (exact) mass is 228 g/mol. The predicted molar refractivity (Wildman–Crippen MR) is 68.2 cm³/mol. The lowest BCUT2D eigenvalue weighted by Crippen LogP contribution is -2.26. The summed E-state index contributed by atoms with van der Waals surface area (Å²) in [5, 5.41) is 0. The molecule has 0 spiro atoms. The van der Waals surface area contributed by atoms with Crippen molar-refractivity contribution in [2.75, 3.05) is 0 Å². The number of carbonyl (C=O) groups is 1. The standard InChI is InChI=1S/C12H20O2.2CH4/c1-3-8(2)12(13)14-11-7-9-4-5-10(11)6-9;;/h8-11H,3-7H2,1-2H3;2*1H4. The molecule has 0 heterocycles. The summed E-state index contributed by atoms with van der Waals surface area (Å²) in [5.41, 5.74) is 0. The third-order valence-electron chi connectivity index (χ3n) is 3.96. The minimum Gasteiger partial charge on any atom is -0.462 e. The van der Waals surface area contributed by atoms with Crippen LogP contribution in [0, 0.1) is 17.8 Å². The molecule has 2 saturated carbocycles. The Balaban J connectivity index is 0.00000112. The Morgan fingerprint density at radius 1 is 1.31 bits per heavy atom. The van der Waals surface area contributed by atoms with Crippen LogP contribution in [-0.4, -0.2) is 12.1 Å². The van der Waals surface area contributed by atoms with E-state index in [0.717, 1.165) is 18.8 Å². The Hall–Kier alpha value is -0.530. The Labute approximate surface area is 101 Å². The van der Waals surface area contributed by atoms with Gasteiger partial charge in [-0.15, -0.1) is 0 Å². The van der Waals surface area contributed by atoms with Gasteiger partial charge >= 0.3 is 5.97 Å². The Bertz CT molecular complexity index is 225. The Kier molecular flexibility index (Phi) is 6.06. The van der Waals surface area contributed by atoms with E-state index in [1.54, 1.807) is 0 Å². The number of ether oxygens (including phenoxy) is 1. The van der Waals surface area contributed by atoms with Crippen molar-refractivity contribution in [1.82, 2.24) is 0 Å². The number of carbonyl (C=O) groups excluding carboxylic acids is 1. The molecule has 96 valence electrons. The molecule has 4 atom stereocenters. The highest BCUT2D eigenvalue weighted by molar-refractivity contribution is 5.72. The third-order valence-corrected chi connectivity index (χ3v) is 3.96. The SMILES string of the molecule is C.C.CCC(C)C(=O)OC1CC2CCC1C2. The molecule has 2 fully saturated rings.